The number of nitrogens with zero attached hydrogens (tertiary/aromatic N) is 1. The Morgan fingerprint density at radius 2 is 1.71 bits per heavy atom. The van der Waals surface area contributed by atoms with Crippen LogP contribution < -0.4 is 19.9 Å². The predicted octanol–water partition coefficient (Wildman–Crippen LogP) is 3.61. The Bertz CT molecular complexity index is 972. The molecule has 0 saturated heterocycles. The number of carbonyl (C=O) groups is 1. The van der Waals surface area contributed by atoms with Crippen molar-refractivity contribution < 1.29 is 23.7 Å². The van der Waals surface area contributed by atoms with Gasteiger partial charge in [0, 0.05) is 17.6 Å². The van der Waals surface area contributed by atoms with Crippen LogP contribution in [-0.2, 0) is 9.53 Å². The van der Waals surface area contributed by atoms with E-state index in [0.717, 1.165) is 10.9 Å². The van der Waals surface area contributed by atoms with Crippen LogP contribution in [0.15, 0.2) is 48.7 Å². The molecular weight excluding hydrogens is 360 g/mol. The molecule has 146 valence electrons. The van der Waals surface area contributed by atoms with Crippen LogP contribution in [0.5, 0.6) is 23.0 Å². The van der Waals surface area contributed by atoms with Crippen LogP contribution in [0.2, 0.25) is 0 Å². The third-order valence-corrected chi connectivity index (χ3v) is 4.21. The van der Waals surface area contributed by atoms with Crippen molar-refractivity contribution >= 4 is 16.9 Å². The average Bonchev–Trinajstić information content (AvgIpc) is 2.73. The molecule has 2 N–H and O–H groups in total. The molecule has 1 unspecified atom stereocenters. The maximum absolute atomic E-state index is 11.8. The molecule has 0 spiro atoms. The van der Waals surface area contributed by atoms with Crippen molar-refractivity contribution in [3.63, 3.8) is 0 Å². The van der Waals surface area contributed by atoms with Crippen molar-refractivity contribution in [2.24, 2.45) is 5.73 Å². The summed E-state index contributed by atoms with van der Waals surface area (Å²) < 4.78 is 21.6. The van der Waals surface area contributed by atoms with Gasteiger partial charge in [0.15, 0.2) is 11.5 Å². The van der Waals surface area contributed by atoms with E-state index in [1.807, 2.05) is 6.07 Å². The molecule has 1 atom stereocenters. The number of hydrogen-bond donors (Lipinski definition) is 1. The number of ether oxygens (including phenoxy) is 4. The molecule has 0 aliphatic carbocycles. The summed E-state index contributed by atoms with van der Waals surface area (Å²) in [4.78, 5) is 16.1. The van der Waals surface area contributed by atoms with E-state index in [9.17, 15) is 4.79 Å². The second-order valence-electron chi connectivity index (χ2n) is 5.93. The van der Waals surface area contributed by atoms with Crippen molar-refractivity contribution in [3.8, 4) is 23.0 Å². The van der Waals surface area contributed by atoms with E-state index in [1.54, 1.807) is 63.7 Å². The van der Waals surface area contributed by atoms with E-state index in [2.05, 4.69) is 4.98 Å². The maximum atomic E-state index is 11.8. The van der Waals surface area contributed by atoms with Gasteiger partial charge in [0.1, 0.15) is 17.5 Å². The molecule has 28 heavy (non-hydrogen) atoms. The summed E-state index contributed by atoms with van der Waals surface area (Å²) in [6.07, 6.45) is 1.66. The van der Waals surface area contributed by atoms with Crippen LogP contribution in [0.1, 0.15) is 18.5 Å². The van der Waals surface area contributed by atoms with Crippen molar-refractivity contribution in [3.05, 3.63) is 54.2 Å². The molecule has 0 aliphatic rings. The van der Waals surface area contributed by atoms with Gasteiger partial charge >= 0.3 is 5.97 Å². The number of carbonyl (C=O) groups excluding carboxylic acids is 1. The lowest BCUT2D eigenvalue weighted by atomic mass is 10.1. The third kappa shape index (κ3) is 3.99. The minimum Gasteiger partial charge on any atom is -0.493 e. The summed E-state index contributed by atoms with van der Waals surface area (Å²) in [6.45, 7) is 2.03. The highest BCUT2D eigenvalue weighted by atomic mass is 16.5. The molecule has 1 aromatic heterocycles. The highest BCUT2D eigenvalue weighted by molar-refractivity contribution is 5.88. The highest BCUT2D eigenvalue weighted by Crippen LogP contribution is 2.36. The fourth-order valence-corrected chi connectivity index (χ4v) is 2.77. The fourth-order valence-electron chi connectivity index (χ4n) is 2.77. The van der Waals surface area contributed by atoms with Gasteiger partial charge in [-0.15, -0.1) is 0 Å². The lowest BCUT2D eigenvalue weighted by Crippen LogP contribution is -2.23. The Morgan fingerprint density at radius 1 is 1.04 bits per heavy atom. The molecule has 7 heteroatoms. The van der Waals surface area contributed by atoms with Gasteiger partial charge in [-0.3, -0.25) is 4.98 Å². The van der Waals surface area contributed by atoms with Gasteiger partial charge in [0.2, 0.25) is 0 Å². The minimum atomic E-state index is -0.826. The molecule has 0 fully saturated rings. The van der Waals surface area contributed by atoms with Crippen LogP contribution >= 0.6 is 0 Å². The molecule has 7 nitrogen and oxygen atoms in total. The zero-order chi connectivity index (χ0) is 20.1. The molecule has 1 heterocycles. The topological polar surface area (TPSA) is 92.9 Å². The molecule has 0 amide bonds. The number of fused-ring (bicyclic) bond motifs is 1. The third-order valence-electron chi connectivity index (χ3n) is 4.21. The van der Waals surface area contributed by atoms with Crippen LogP contribution in [0.3, 0.4) is 0 Å². The monoisotopic (exact) mass is 382 g/mol. The summed E-state index contributed by atoms with van der Waals surface area (Å²) in [5, 5.41) is 0.785. The normalized spacial score (nSPS) is 11.7. The number of rotatable bonds is 7. The molecule has 2 aromatic carbocycles. The first-order valence-corrected chi connectivity index (χ1v) is 8.78. The number of aromatic nitrogens is 1. The Balaban J connectivity index is 1.87. The van der Waals surface area contributed by atoms with Crippen molar-refractivity contribution in [1.82, 2.24) is 4.98 Å². The van der Waals surface area contributed by atoms with Crippen LogP contribution in [0.4, 0.5) is 0 Å². The Labute approximate surface area is 163 Å². The molecule has 0 saturated carbocycles. The van der Waals surface area contributed by atoms with Gasteiger partial charge in [0.05, 0.1) is 26.3 Å². The minimum absolute atomic E-state index is 0.289. The Hall–Kier alpha value is -3.32. The SMILES string of the molecule is CCOC(=O)C(N)c1ccc(Oc2ccnc3cc(OC)c(OC)cc23)cc1. The Morgan fingerprint density at radius 3 is 2.36 bits per heavy atom. The number of esters is 1. The van der Waals surface area contributed by atoms with Crippen LogP contribution in [0.25, 0.3) is 10.9 Å². The van der Waals surface area contributed by atoms with E-state index in [0.29, 0.717) is 28.6 Å². The summed E-state index contributed by atoms with van der Waals surface area (Å²) in [6, 6.07) is 11.5. The first kappa shape index (κ1) is 19.4. The van der Waals surface area contributed by atoms with Crippen molar-refractivity contribution in [2.45, 2.75) is 13.0 Å². The lowest BCUT2D eigenvalue weighted by Gasteiger charge is -2.13. The van der Waals surface area contributed by atoms with E-state index in [4.69, 9.17) is 24.7 Å². The zero-order valence-corrected chi connectivity index (χ0v) is 16.0. The predicted molar refractivity (Wildman–Crippen MR) is 105 cm³/mol. The van der Waals surface area contributed by atoms with Gasteiger partial charge in [-0.25, -0.2) is 4.79 Å². The molecule has 0 bridgehead atoms. The smallest absolute Gasteiger partial charge is 0.327 e. The second kappa shape index (κ2) is 8.58. The van der Waals surface area contributed by atoms with Gasteiger partial charge in [-0.2, -0.15) is 0 Å². The fraction of sp³-hybridized carbons (Fsp3) is 0.238. The first-order valence-electron chi connectivity index (χ1n) is 8.78. The van der Waals surface area contributed by atoms with Gasteiger partial charge in [0.25, 0.3) is 0 Å². The van der Waals surface area contributed by atoms with Gasteiger partial charge < -0.3 is 24.7 Å². The summed E-state index contributed by atoms with van der Waals surface area (Å²) in [5.41, 5.74) is 7.28. The van der Waals surface area contributed by atoms with E-state index >= 15 is 0 Å². The Kier molecular flexibility index (Phi) is 5.96. The molecule has 0 aliphatic heterocycles. The van der Waals surface area contributed by atoms with E-state index in [-0.39, 0.29) is 6.61 Å². The first-order chi connectivity index (χ1) is 13.6. The molecule has 3 rings (SSSR count). The number of methoxy groups -OCH3 is 2. The van der Waals surface area contributed by atoms with Crippen molar-refractivity contribution in [2.75, 3.05) is 20.8 Å². The lowest BCUT2D eigenvalue weighted by molar-refractivity contribution is -0.144. The zero-order valence-electron chi connectivity index (χ0n) is 16.0. The summed E-state index contributed by atoms with van der Waals surface area (Å²) in [7, 11) is 3.15. The number of nitrogens with two attached hydrogens (primary N) is 1. The van der Waals surface area contributed by atoms with Gasteiger partial charge in [-0.1, -0.05) is 12.1 Å². The highest BCUT2D eigenvalue weighted by Gasteiger charge is 2.17. The van der Waals surface area contributed by atoms with Crippen LogP contribution in [-0.4, -0.2) is 31.8 Å². The maximum Gasteiger partial charge on any atom is 0.327 e. The van der Waals surface area contributed by atoms with E-state index < -0.39 is 12.0 Å². The van der Waals surface area contributed by atoms with Crippen LogP contribution in [0, 0.1) is 0 Å². The van der Waals surface area contributed by atoms with Gasteiger partial charge in [-0.05, 0) is 36.8 Å². The van der Waals surface area contributed by atoms with E-state index in [1.165, 1.54) is 0 Å². The standard InChI is InChI=1S/C21H22N2O5/c1-4-27-21(24)20(22)13-5-7-14(8-6-13)28-17-9-10-23-16-12-19(26-3)18(25-2)11-15(16)17/h5-12,20H,4,22H2,1-3H3. The summed E-state index contributed by atoms with van der Waals surface area (Å²) in [5.74, 6) is 1.94. The average molecular weight is 382 g/mol. The quantitative estimate of drug-likeness (QED) is 0.624. The number of benzene rings is 2. The molecular formula is C21H22N2O5. The molecule has 3 aromatic rings. The summed E-state index contributed by atoms with van der Waals surface area (Å²) >= 11 is 0. The largest absolute Gasteiger partial charge is 0.493 e. The number of hydrogen-bond acceptors (Lipinski definition) is 7. The number of pyridine rings is 1. The van der Waals surface area contributed by atoms with Crippen molar-refractivity contribution in [1.29, 1.82) is 0 Å². The molecule has 0 radical (unpaired) electrons. The second-order valence-corrected chi connectivity index (χ2v) is 5.93.